The molecule has 21 heavy (non-hydrogen) atoms. The molecule has 0 spiro atoms. The number of anilines is 1. The van der Waals surface area contributed by atoms with Crippen molar-refractivity contribution in [2.75, 3.05) is 18.5 Å². The van der Waals surface area contributed by atoms with Gasteiger partial charge in [-0.15, -0.1) is 0 Å². The van der Waals surface area contributed by atoms with Crippen molar-refractivity contribution >= 4 is 5.69 Å². The van der Waals surface area contributed by atoms with E-state index in [-0.39, 0.29) is 5.41 Å². The van der Waals surface area contributed by atoms with Crippen LogP contribution >= 0.6 is 0 Å². The second-order valence-corrected chi connectivity index (χ2v) is 6.93. The molecule has 1 aromatic rings. The minimum atomic E-state index is 0.171. The number of rotatable bonds is 7. The Morgan fingerprint density at radius 1 is 1.33 bits per heavy atom. The molecule has 0 radical (unpaired) electrons. The normalized spacial score (nSPS) is 23.7. The molecule has 2 atom stereocenters. The monoisotopic (exact) mass is 291 g/mol. The highest BCUT2D eigenvalue weighted by atomic mass is 16.5. The van der Waals surface area contributed by atoms with Crippen molar-refractivity contribution in [3.8, 4) is 5.75 Å². The Balaban J connectivity index is 1.93. The zero-order chi connectivity index (χ0) is 15.5. The van der Waals surface area contributed by atoms with E-state index in [1.165, 1.54) is 0 Å². The Morgan fingerprint density at radius 3 is 2.71 bits per heavy atom. The molecule has 3 heteroatoms. The number of nitrogens with one attached hydrogen (secondary N) is 1. The predicted molar refractivity (Wildman–Crippen MR) is 88.0 cm³/mol. The van der Waals surface area contributed by atoms with Crippen molar-refractivity contribution in [3.63, 3.8) is 0 Å². The molecule has 0 amide bonds. The highest BCUT2D eigenvalue weighted by Gasteiger charge is 2.48. The molecule has 1 fully saturated rings. The number of hydrogen-bond donors (Lipinski definition) is 1. The molecule has 2 unspecified atom stereocenters. The predicted octanol–water partition coefficient (Wildman–Crippen LogP) is 4.34. The van der Waals surface area contributed by atoms with Crippen molar-refractivity contribution < 1.29 is 9.47 Å². The van der Waals surface area contributed by atoms with Crippen molar-refractivity contribution in [2.24, 2.45) is 11.3 Å². The van der Waals surface area contributed by atoms with E-state index in [0.717, 1.165) is 31.1 Å². The molecular formula is C18H29NO2. The lowest BCUT2D eigenvalue weighted by molar-refractivity contribution is -0.0975. The van der Waals surface area contributed by atoms with Crippen LogP contribution in [0.3, 0.4) is 0 Å². The number of benzene rings is 1. The Bertz CT molecular complexity index is 456. The topological polar surface area (TPSA) is 30.5 Å². The molecule has 1 aromatic carbocycles. The zero-order valence-corrected chi connectivity index (χ0v) is 14.0. The van der Waals surface area contributed by atoms with Crippen LogP contribution in [0.4, 0.5) is 5.69 Å². The van der Waals surface area contributed by atoms with E-state index in [4.69, 9.17) is 9.47 Å². The van der Waals surface area contributed by atoms with Crippen LogP contribution in [0, 0.1) is 11.3 Å². The molecule has 0 aromatic heterocycles. The SMILES string of the molecule is CCOC1CC(Nc2cccc(OCC(C)C)c2)C1(C)C. The number of ether oxygens (including phenoxy) is 2. The maximum Gasteiger partial charge on any atom is 0.121 e. The van der Waals surface area contributed by atoms with Crippen LogP contribution < -0.4 is 10.1 Å². The van der Waals surface area contributed by atoms with Crippen LogP contribution in [-0.2, 0) is 4.74 Å². The second kappa shape index (κ2) is 6.69. The average Bonchev–Trinajstić information content (AvgIpc) is 2.44. The van der Waals surface area contributed by atoms with E-state index in [2.05, 4.69) is 52.1 Å². The fourth-order valence-electron chi connectivity index (χ4n) is 2.75. The van der Waals surface area contributed by atoms with E-state index in [0.29, 0.717) is 18.1 Å². The molecule has 1 N–H and O–H groups in total. The van der Waals surface area contributed by atoms with Crippen LogP contribution in [0.25, 0.3) is 0 Å². The summed E-state index contributed by atoms with van der Waals surface area (Å²) in [6.07, 6.45) is 1.43. The first-order valence-corrected chi connectivity index (χ1v) is 8.04. The molecule has 0 aliphatic heterocycles. The second-order valence-electron chi connectivity index (χ2n) is 6.93. The molecular weight excluding hydrogens is 262 g/mol. The molecule has 1 aliphatic rings. The van der Waals surface area contributed by atoms with Gasteiger partial charge < -0.3 is 14.8 Å². The van der Waals surface area contributed by atoms with E-state index >= 15 is 0 Å². The van der Waals surface area contributed by atoms with Crippen molar-refractivity contribution in [3.05, 3.63) is 24.3 Å². The van der Waals surface area contributed by atoms with E-state index in [1.54, 1.807) is 0 Å². The third kappa shape index (κ3) is 3.91. The quantitative estimate of drug-likeness (QED) is 0.810. The van der Waals surface area contributed by atoms with Gasteiger partial charge in [-0.3, -0.25) is 0 Å². The molecule has 118 valence electrons. The molecule has 3 nitrogen and oxygen atoms in total. The van der Waals surface area contributed by atoms with Crippen LogP contribution in [0.15, 0.2) is 24.3 Å². The smallest absolute Gasteiger partial charge is 0.121 e. The van der Waals surface area contributed by atoms with E-state index in [1.807, 2.05) is 12.1 Å². The van der Waals surface area contributed by atoms with Gasteiger partial charge in [0.15, 0.2) is 0 Å². The average molecular weight is 291 g/mol. The van der Waals surface area contributed by atoms with Gasteiger partial charge in [0.25, 0.3) is 0 Å². The highest BCUT2D eigenvalue weighted by molar-refractivity contribution is 5.49. The minimum absolute atomic E-state index is 0.171. The third-order valence-electron chi connectivity index (χ3n) is 4.30. The van der Waals surface area contributed by atoms with Gasteiger partial charge >= 0.3 is 0 Å². The molecule has 0 saturated heterocycles. The van der Waals surface area contributed by atoms with Crippen molar-refractivity contribution in [1.82, 2.24) is 0 Å². The lowest BCUT2D eigenvalue weighted by Crippen LogP contribution is -2.58. The molecule has 1 saturated carbocycles. The minimum Gasteiger partial charge on any atom is -0.493 e. The van der Waals surface area contributed by atoms with E-state index < -0.39 is 0 Å². The van der Waals surface area contributed by atoms with Gasteiger partial charge in [0.1, 0.15) is 5.75 Å². The Kier molecular flexibility index (Phi) is 5.15. The summed E-state index contributed by atoms with van der Waals surface area (Å²) < 4.78 is 11.6. The fraction of sp³-hybridized carbons (Fsp3) is 0.667. The maximum absolute atomic E-state index is 5.79. The van der Waals surface area contributed by atoms with Gasteiger partial charge in [-0.2, -0.15) is 0 Å². The Hall–Kier alpha value is -1.22. The van der Waals surface area contributed by atoms with E-state index in [9.17, 15) is 0 Å². The summed E-state index contributed by atoms with van der Waals surface area (Å²) in [5.74, 6) is 1.48. The Labute approximate surface area is 129 Å². The largest absolute Gasteiger partial charge is 0.493 e. The van der Waals surface area contributed by atoms with Gasteiger partial charge in [0.2, 0.25) is 0 Å². The summed E-state index contributed by atoms with van der Waals surface area (Å²) in [7, 11) is 0. The van der Waals surface area contributed by atoms with Crippen molar-refractivity contribution in [1.29, 1.82) is 0 Å². The summed E-state index contributed by atoms with van der Waals surface area (Å²) in [4.78, 5) is 0. The molecule has 2 rings (SSSR count). The van der Waals surface area contributed by atoms with Crippen LogP contribution in [-0.4, -0.2) is 25.4 Å². The summed E-state index contributed by atoms with van der Waals surface area (Å²) in [5, 5.41) is 3.63. The maximum atomic E-state index is 5.79. The molecule has 1 aliphatic carbocycles. The lowest BCUT2D eigenvalue weighted by Gasteiger charge is -2.52. The van der Waals surface area contributed by atoms with Crippen molar-refractivity contribution in [2.45, 2.75) is 53.2 Å². The highest BCUT2D eigenvalue weighted by Crippen LogP contribution is 2.44. The molecule has 0 heterocycles. The summed E-state index contributed by atoms with van der Waals surface area (Å²) in [6.45, 7) is 12.5. The first-order chi connectivity index (χ1) is 9.93. The first-order valence-electron chi connectivity index (χ1n) is 8.04. The third-order valence-corrected chi connectivity index (χ3v) is 4.30. The lowest BCUT2D eigenvalue weighted by atomic mass is 9.64. The Morgan fingerprint density at radius 2 is 2.10 bits per heavy atom. The molecule has 0 bridgehead atoms. The summed E-state index contributed by atoms with van der Waals surface area (Å²) in [5.41, 5.74) is 1.30. The van der Waals surface area contributed by atoms with Gasteiger partial charge in [-0.1, -0.05) is 33.8 Å². The van der Waals surface area contributed by atoms with Crippen LogP contribution in [0.2, 0.25) is 0 Å². The zero-order valence-electron chi connectivity index (χ0n) is 14.0. The standard InChI is InChI=1S/C18H29NO2/c1-6-20-17-11-16(18(17,4)5)19-14-8-7-9-15(10-14)21-12-13(2)3/h7-10,13,16-17,19H,6,11-12H2,1-5H3. The summed E-state index contributed by atoms with van der Waals surface area (Å²) >= 11 is 0. The van der Waals surface area contributed by atoms with Gasteiger partial charge in [0, 0.05) is 29.8 Å². The van der Waals surface area contributed by atoms with Crippen LogP contribution in [0.1, 0.15) is 41.0 Å². The fourth-order valence-corrected chi connectivity index (χ4v) is 2.75. The van der Waals surface area contributed by atoms with Gasteiger partial charge in [-0.05, 0) is 31.4 Å². The van der Waals surface area contributed by atoms with Gasteiger partial charge in [-0.25, -0.2) is 0 Å². The number of hydrogen-bond acceptors (Lipinski definition) is 3. The first kappa shape index (κ1) is 16.2. The van der Waals surface area contributed by atoms with Gasteiger partial charge in [0.05, 0.1) is 12.7 Å². The van der Waals surface area contributed by atoms with Crippen LogP contribution in [0.5, 0.6) is 5.75 Å². The summed E-state index contributed by atoms with van der Waals surface area (Å²) in [6, 6.07) is 8.71.